The lowest BCUT2D eigenvalue weighted by molar-refractivity contribution is -0.438. The lowest BCUT2D eigenvalue weighted by Crippen LogP contribution is -2.63. The van der Waals surface area contributed by atoms with Crippen molar-refractivity contribution in [2.45, 2.75) is 36.6 Å². The van der Waals surface area contributed by atoms with E-state index in [1.807, 2.05) is 0 Å². The molecule has 1 saturated heterocycles. The van der Waals surface area contributed by atoms with Crippen molar-refractivity contribution in [3.05, 3.63) is 45.6 Å². The summed E-state index contributed by atoms with van der Waals surface area (Å²) in [5.41, 5.74) is 0.156. The van der Waals surface area contributed by atoms with Crippen LogP contribution in [0.1, 0.15) is 5.56 Å². The van der Waals surface area contributed by atoms with Gasteiger partial charge in [-0.2, -0.15) is 0 Å². The highest BCUT2D eigenvalue weighted by atomic mass is 16.6. The molecule has 130 valence electrons. The second-order valence-electron chi connectivity index (χ2n) is 5.70. The fraction of sp³-hybridized carbons (Fsp3) is 0.467. The van der Waals surface area contributed by atoms with Crippen molar-refractivity contribution < 1.29 is 34.8 Å². The molecule has 2 heterocycles. The molecule has 9 heteroatoms. The Bertz CT molecular complexity index is 661. The van der Waals surface area contributed by atoms with E-state index < -0.39 is 48.2 Å². The topological polar surface area (TPSA) is 143 Å². The molecule has 0 radical (unpaired) electrons. The Morgan fingerprint density at radius 2 is 1.83 bits per heavy atom. The third-order valence-corrected chi connectivity index (χ3v) is 4.21. The van der Waals surface area contributed by atoms with Crippen LogP contribution in [0.3, 0.4) is 0 Å². The van der Waals surface area contributed by atoms with Crippen LogP contribution >= 0.6 is 0 Å². The van der Waals surface area contributed by atoms with Gasteiger partial charge in [0.1, 0.15) is 36.3 Å². The van der Waals surface area contributed by atoms with Crippen LogP contribution in [0.25, 0.3) is 6.08 Å². The summed E-state index contributed by atoms with van der Waals surface area (Å²) < 4.78 is 11.0. The minimum atomic E-state index is -1.63. The smallest absolute Gasteiger partial charge is 0.290 e. The maximum Gasteiger partial charge on any atom is 0.290 e. The van der Waals surface area contributed by atoms with Gasteiger partial charge in [0.15, 0.2) is 0 Å². The number of aliphatic hydroxyl groups excluding tert-OH is 4. The first-order valence-corrected chi connectivity index (χ1v) is 7.36. The van der Waals surface area contributed by atoms with Crippen molar-refractivity contribution >= 4 is 6.08 Å². The molecule has 6 atom stereocenters. The van der Waals surface area contributed by atoms with Crippen LogP contribution in [0.15, 0.2) is 30.0 Å². The summed E-state index contributed by atoms with van der Waals surface area (Å²) in [5, 5.41) is 50.5. The number of hydrogen-bond donors (Lipinski definition) is 4. The average Bonchev–Trinajstić information content (AvgIpc) is 2.59. The highest BCUT2D eigenvalue weighted by molar-refractivity contribution is 5.61. The zero-order valence-electron chi connectivity index (χ0n) is 12.4. The van der Waals surface area contributed by atoms with E-state index in [0.717, 1.165) is 0 Å². The number of aliphatic hydroxyl groups is 4. The van der Waals surface area contributed by atoms with Gasteiger partial charge in [-0.3, -0.25) is 10.1 Å². The van der Waals surface area contributed by atoms with Crippen molar-refractivity contribution in [3.63, 3.8) is 0 Å². The van der Waals surface area contributed by atoms with Gasteiger partial charge in [0, 0.05) is 11.6 Å². The van der Waals surface area contributed by atoms with Gasteiger partial charge in [0.05, 0.1) is 11.5 Å². The van der Waals surface area contributed by atoms with Gasteiger partial charge in [-0.1, -0.05) is 18.2 Å². The Morgan fingerprint density at radius 3 is 2.50 bits per heavy atom. The van der Waals surface area contributed by atoms with Crippen LogP contribution in [0.2, 0.25) is 0 Å². The molecule has 2 aliphatic rings. The number of hydrogen-bond acceptors (Lipinski definition) is 8. The molecule has 0 saturated carbocycles. The molecule has 4 N–H and O–H groups in total. The second kappa shape index (κ2) is 6.46. The van der Waals surface area contributed by atoms with E-state index >= 15 is 0 Å². The predicted octanol–water partition coefficient (Wildman–Crippen LogP) is -1.09. The van der Waals surface area contributed by atoms with Crippen LogP contribution in [-0.4, -0.2) is 68.6 Å². The van der Waals surface area contributed by atoms with E-state index in [1.54, 1.807) is 24.3 Å². The van der Waals surface area contributed by atoms with E-state index in [2.05, 4.69) is 0 Å². The zero-order chi connectivity index (χ0) is 17.4. The van der Waals surface area contributed by atoms with Crippen LogP contribution < -0.4 is 4.74 Å². The second-order valence-corrected chi connectivity index (χ2v) is 5.70. The number of nitro groups is 1. The highest BCUT2D eigenvalue weighted by Gasteiger charge is 2.51. The number of fused-ring (bicyclic) bond motifs is 1. The van der Waals surface area contributed by atoms with Crippen LogP contribution in [0, 0.1) is 10.1 Å². The largest absolute Gasteiger partial charge is 0.476 e. The molecule has 1 fully saturated rings. The number of nitrogens with zero attached hydrogens (tertiary/aromatic N) is 1. The average molecular weight is 339 g/mol. The number of benzene rings is 1. The Hall–Kier alpha value is -2.04. The third-order valence-electron chi connectivity index (χ3n) is 4.21. The number of rotatable bonds is 3. The molecular formula is C15H17NO8. The fourth-order valence-electron chi connectivity index (χ4n) is 2.92. The Balaban J connectivity index is 1.97. The summed E-state index contributed by atoms with van der Waals surface area (Å²) in [6.45, 7) is -0.623. The zero-order valence-corrected chi connectivity index (χ0v) is 12.4. The van der Waals surface area contributed by atoms with E-state index in [9.17, 15) is 30.5 Å². The molecular weight excluding hydrogens is 322 g/mol. The van der Waals surface area contributed by atoms with Crippen molar-refractivity contribution in [1.29, 1.82) is 0 Å². The maximum atomic E-state index is 11.4. The van der Waals surface area contributed by atoms with Crippen molar-refractivity contribution in [1.82, 2.24) is 0 Å². The van der Waals surface area contributed by atoms with E-state index in [0.29, 0.717) is 11.3 Å². The lowest BCUT2D eigenvalue weighted by Gasteiger charge is -2.42. The molecule has 1 aromatic rings. The summed E-state index contributed by atoms with van der Waals surface area (Å²) in [4.78, 5) is 10.7. The molecule has 1 aromatic carbocycles. The first-order valence-electron chi connectivity index (χ1n) is 7.36. The van der Waals surface area contributed by atoms with Crippen LogP contribution in [0.5, 0.6) is 5.75 Å². The molecule has 0 spiro atoms. The molecule has 24 heavy (non-hydrogen) atoms. The van der Waals surface area contributed by atoms with Gasteiger partial charge in [-0.15, -0.1) is 0 Å². The molecule has 3 rings (SSSR count). The predicted molar refractivity (Wildman–Crippen MR) is 79.6 cm³/mol. The van der Waals surface area contributed by atoms with Crippen LogP contribution in [-0.2, 0) is 4.74 Å². The first-order chi connectivity index (χ1) is 11.4. The van der Waals surface area contributed by atoms with E-state index in [1.165, 1.54) is 6.08 Å². The minimum absolute atomic E-state index is 0.349. The summed E-state index contributed by atoms with van der Waals surface area (Å²) in [6.07, 6.45) is -7.28. The van der Waals surface area contributed by atoms with E-state index in [-0.39, 0.29) is 5.70 Å². The maximum absolute atomic E-state index is 11.4. The standard InChI is InChI=1S/C15H17NO8/c17-6-10-11(18)12(19)13(20)15(24-10)14-8(16(21)22)5-7-3-1-2-4-9(7)23-14/h1-5,10-15,17-20H,6H2/t10-,11-,12+,13-,14?,15?/m1/s1. The van der Waals surface area contributed by atoms with Crippen molar-refractivity contribution in [2.24, 2.45) is 0 Å². The SMILES string of the molecule is O=[N+]([O-])C1=Cc2ccccc2OC1C1O[C@H](CO)[C@@H](O)[C@H](O)[C@H]1O. The van der Waals surface area contributed by atoms with Crippen molar-refractivity contribution in [2.75, 3.05) is 6.61 Å². The van der Waals surface area contributed by atoms with Gasteiger partial charge < -0.3 is 29.9 Å². The molecule has 0 bridgehead atoms. The quantitative estimate of drug-likeness (QED) is 0.402. The monoisotopic (exact) mass is 339 g/mol. The van der Waals surface area contributed by atoms with Gasteiger partial charge >= 0.3 is 0 Å². The molecule has 0 amide bonds. The molecule has 0 aliphatic carbocycles. The summed E-state index contributed by atoms with van der Waals surface area (Å²) in [5.74, 6) is 0.366. The first kappa shape index (κ1) is 16.8. The van der Waals surface area contributed by atoms with E-state index in [4.69, 9.17) is 9.47 Å². The highest BCUT2D eigenvalue weighted by Crippen LogP contribution is 2.35. The van der Waals surface area contributed by atoms with Gasteiger partial charge in [-0.05, 0) is 6.07 Å². The van der Waals surface area contributed by atoms with Gasteiger partial charge in [-0.25, -0.2) is 0 Å². The summed E-state index contributed by atoms with van der Waals surface area (Å²) >= 11 is 0. The minimum Gasteiger partial charge on any atom is -0.476 e. The molecule has 2 unspecified atom stereocenters. The third kappa shape index (κ3) is 2.76. The Labute approximate surface area is 136 Å². The lowest BCUT2D eigenvalue weighted by atomic mass is 9.90. The summed E-state index contributed by atoms with van der Waals surface area (Å²) in [6, 6.07) is 6.64. The normalized spacial score (nSPS) is 35.6. The number of para-hydroxylation sites is 1. The molecule has 9 nitrogen and oxygen atoms in total. The Morgan fingerprint density at radius 1 is 1.12 bits per heavy atom. The number of ether oxygens (including phenoxy) is 2. The molecule has 0 aromatic heterocycles. The fourth-order valence-corrected chi connectivity index (χ4v) is 2.92. The summed E-state index contributed by atoms with van der Waals surface area (Å²) in [7, 11) is 0. The van der Waals surface area contributed by atoms with Crippen LogP contribution in [0.4, 0.5) is 0 Å². The van der Waals surface area contributed by atoms with Gasteiger partial charge in [0.25, 0.3) is 5.70 Å². The Kier molecular flexibility index (Phi) is 4.52. The molecule has 2 aliphatic heterocycles. The van der Waals surface area contributed by atoms with Gasteiger partial charge in [0.2, 0.25) is 6.10 Å². The van der Waals surface area contributed by atoms with Crippen molar-refractivity contribution in [3.8, 4) is 5.75 Å².